The fraction of sp³-hybridized carbons (Fsp3) is 0.923. The minimum Gasteiger partial charge on any atom is -0.390 e. The molecular weight excluding hydrogens is 218 g/mol. The second-order valence-corrected chi connectivity index (χ2v) is 5.60. The lowest BCUT2D eigenvalue weighted by atomic mass is 9.88. The van der Waals surface area contributed by atoms with Gasteiger partial charge in [0.25, 0.3) is 0 Å². The molecule has 2 unspecified atom stereocenters. The quantitative estimate of drug-likeness (QED) is 0.628. The Morgan fingerprint density at radius 3 is 2.76 bits per heavy atom. The molecule has 4 heteroatoms. The van der Waals surface area contributed by atoms with Gasteiger partial charge in [0, 0.05) is 6.42 Å². The molecule has 17 heavy (non-hydrogen) atoms. The number of hydrogen-bond acceptors (Lipinski definition) is 3. The summed E-state index contributed by atoms with van der Waals surface area (Å²) in [4.78, 5) is 11.8. The van der Waals surface area contributed by atoms with Crippen molar-refractivity contribution in [2.45, 2.75) is 69.6 Å². The van der Waals surface area contributed by atoms with Gasteiger partial charge in [-0.1, -0.05) is 19.8 Å². The number of nitrogens with one attached hydrogen (secondary N) is 1. The van der Waals surface area contributed by atoms with Crippen LogP contribution in [0.5, 0.6) is 0 Å². The smallest absolute Gasteiger partial charge is 0.220 e. The number of amides is 1. The Labute approximate surface area is 102 Å². The van der Waals surface area contributed by atoms with Crippen LogP contribution in [0.3, 0.4) is 0 Å². The van der Waals surface area contributed by atoms with E-state index in [1.165, 1.54) is 0 Å². The van der Waals surface area contributed by atoms with Crippen LogP contribution in [0.1, 0.15) is 51.9 Å². The number of carbonyl (C=O) groups is 1. The molecule has 4 nitrogen and oxygen atoms in total. The molecule has 0 aromatic carbocycles. The van der Waals surface area contributed by atoms with Gasteiger partial charge in [-0.25, -0.2) is 0 Å². The molecule has 2 saturated carbocycles. The molecule has 0 spiro atoms. The number of carbonyl (C=O) groups excluding carboxylic acids is 1. The molecule has 2 bridgehead atoms. The Hall–Kier alpha value is -0.610. The van der Waals surface area contributed by atoms with Crippen molar-refractivity contribution in [3.05, 3.63) is 0 Å². The van der Waals surface area contributed by atoms with Gasteiger partial charge in [0.2, 0.25) is 5.91 Å². The highest BCUT2D eigenvalue weighted by Gasteiger charge is 2.57. The summed E-state index contributed by atoms with van der Waals surface area (Å²) in [6.07, 6.45) is 4.60. The van der Waals surface area contributed by atoms with E-state index in [0.717, 1.165) is 38.5 Å². The normalized spacial score (nSPS) is 39.6. The third kappa shape index (κ3) is 2.33. The zero-order valence-corrected chi connectivity index (χ0v) is 10.5. The molecule has 1 amide bonds. The van der Waals surface area contributed by atoms with Crippen LogP contribution in [0.15, 0.2) is 0 Å². The Morgan fingerprint density at radius 2 is 2.18 bits per heavy atom. The second kappa shape index (κ2) is 4.94. The maximum absolute atomic E-state index is 11.8. The number of fused-ring (bicyclic) bond motifs is 2. The highest BCUT2D eigenvalue weighted by atomic mass is 16.3. The zero-order valence-electron chi connectivity index (χ0n) is 10.5. The lowest BCUT2D eigenvalue weighted by Crippen LogP contribution is -2.56. The Kier molecular flexibility index (Phi) is 3.73. The van der Waals surface area contributed by atoms with Gasteiger partial charge in [-0.15, -0.1) is 0 Å². The van der Waals surface area contributed by atoms with Crippen LogP contribution in [0.2, 0.25) is 0 Å². The third-order valence-electron chi connectivity index (χ3n) is 4.36. The molecule has 2 fully saturated rings. The summed E-state index contributed by atoms with van der Waals surface area (Å²) < 4.78 is 0. The summed E-state index contributed by atoms with van der Waals surface area (Å²) in [5.74, 6) is 0.188. The van der Waals surface area contributed by atoms with Crippen LogP contribution in [-0.4, -0.2) is 33.9 Å². The number of unbranched alkanes of at least 4 members (excludes halogenated alkanes) is 2. The van der Waals surface area contributed by atoms with E-state index in [1.54, 1.807) is 0 Å². The van der Waals surface area contributed by atoms with Crippen molar-refractivity contribution in [3.63, 3.8) is 0 Å². The van der Waals surface area contributed by atoms with Crippen LogP contribution in [-0.2, 0) is 4.79 Å². The van der Waals surface area contributed by atoms with E-state index in [0.29, 0.717) is 6.42 Å². The van der Waals surface area contributed by atoms with Gasteiger partial charge < -0.3 is 15.5 Å². The maximum Gasteiger partial charge on any atom is 0.220 e. The van der Waals surface area contributed by atoms with Gasteiger partial charge in [0.05, 0.1) is 11.6 Å². The first kappa shape index (κ1) is 12.8. The molecule has 0 saturated heterocycles. The summed E-state index contributed by atoms with van der Waals surface area (Å²) in [7, 11) is 0. The van der Waals surface area contributed by atoms with E-state index < -0.39 is 17.7 Å². The summed E-state index contributed by atoms with van der Waals surface area (Å²) in [5, 5.41) is 22.7. The molecule has 0 radical (unpaired) electrons. The van der Waals surface area contributed by atoms with E-state index >= 15 is 0 Å². The minimum absolute atomic E-state index is 0.0206. The number of aliphatic hydroxyl groups is 2. The molecule has 0 aliphatic heterocycles. The highest BCUT2D eigenvalue weighted by molar-refractivity contribution is 5.77. The number of rotatable bonds is 5. The van der Waals surface area contributed by atoms with Gasteiger partial charge in [-0.2, -0.15) is 0 Å². The molecule has 0 heterocycles. The lowest BCUT2D eigenvalue weighted by Gasteiger charge is -2.34. The third-order valence-corrected chi connectivity index (χ3v) is 4.36. The van der Waals surface area contributed by atoms with Crippen LogP contribution < -0.4 is 5.32 Å². The first-order chi connectivity index (χ1) is 8.09. The van der Waals surface area contributed by atoms with Crippen LogP contribution >= 0.6 is 0 Å². The molecule has 98 valence electrons. The summed E-state index contributed by atoms with van der Waals surface area (Å²) in [6.45, 7) is 2.11. The average molecular weight is 241 g/mol. The van der Waals surface area contributed by atoms with Gasteiger partial charge in [-0.3, -0.25) is 4.79 Å². The van der Waals surface area contributed by atoms with E-state index in [2.05, 4.69) is 12.2 Å². The first-order valence-electron chi connectivity index (χ1n) is 6.76. The largest absolute Gasteiger partial charge is 0.390 e. The van der Waals surface area contributed by atoms with Crippen molar-refractivity contribution in [2.75, 3.05) is 0 Å². The standard InChI is InChI=1S/C13H23NO3/c1-2-3-4-5-10(15)14-13-7-6-9(8-13)11(16)12(13)17/h9,11-12,16-17H,2-8H2,1H3,(H,14,15)/t9?,11-,12-,13?/m0/s1. The molecule has 3 N–H and O–H groups in total. The Morgan fingerprint density at radius 1 is 1.41 bits per heavy atom. The van der Waals surface area contributed by atoms with Gasteiger partial charge in [-0.05, 0) is 31.6 Å². The van der Waals surface area contributed by atoms with Crippen molar-refractivity contribution in [1.82, 2.24) is 5.32 Å². The van der Waals surface area contributed by atoms with Crippen LogP contribution in [0.4, 0.5) is 0 Å². The molecule has 2 aliphatic carbocycles. The molecule has 2 rings (SSSR count). The molecular formula is C13H23NO3. The van der Waals surface area contributed by atoms with Crippen LogP contribution in [0, 0.1) is 5.92 Å². The van der Waals surface area contributed by atoms with E-state index in [4.69, 9.17) is 0 Å². The summed E-state index contributed by atoms with van der Waals surface area (Å²) >= 11 is 0. The Bertz CT molecular complexity index is 294. The SMILES string of the molecule is CCCCCC(=O)NC12CCC(C1)[C@H](O)[C@@H]2O. The van der Waals surface area contributed by atoms with Crippen LogP contribution in [0.25, 0.3) is 0 Å². The van der Waals surface area contributed by atoms with E-state index in [1.807, 2.05) is 0 Å². The van der Waals surface area contributed by atoms with Crippen molar-refractivity contribution >= 4 is 5.91 Å². The first-order valence-corrected chi connectivity index (χ1v) is 6.76. The fourth-order valence-corrected chi connectivity index (χ4v) is 3.32. The Balaban J connectivity index is 1.87. The zero-order chi connectivity index (χ0) is 12.5. The highest BCUT2D eigenvalue weighted by Crippen LogP contribution is 2.47. The maximum atomic E-state index is 11.8. The summed E-state index contributed by atoms with van der Waals surface area (Å²) in [6, 6.07) is 0. The fourth-order valence-electron chi connectivity index (χ4n) is 3.32. The van der Waals surface area contributed by atoms with E-state index in [-0.39, 0.29) is 11.8 Å². The van der Waals surface area contributed by atoms with Crippen molar-refractivity contribution < 1.29 is 15.0 Å². The number of hydrogen-bond donors (Lipinski definition) is 3. The molecule has 2 aliphatic rings. The van der Waals surface area contributed by atoms with Crippen molar-refractivity contribution in [1.29, 1.82) is 0 Å². The predicted octanol–water partition coefficient (Wildman–Crippen LogP) is 0.957. The van der Waals surface area contributed by atoms with E-state index in [9.17, 15) is 15.0 Å². The number of aliphatic hydroxyl groups excluding tert-OH is 2. The molecule has 4 atom stereocenters. The van der Waals surface area contributed by atoms with Gasteiger partial charge >= 0.3 is 0 Å². The minimum atomic E-state index is -0.781. The predicted molar refractivity (Wildman–Crippen MR) is 64.4 cm³/mol. The second-order valence-electron chi connectivity index (χ2n) is 5.60. The molecule has 0 aromatic heterocycles. The topological polar surface area (TPSA) is 69.6 Å². The average Bonchev–Trinajstić information content (AvgIpc) is 2.80. The van der Waals surface area contributed by atoms with Gasteiger partial charge in [0.1, 0.15) is 6.10 Å². The lowest BCUT2D eigenvalue weighted by molar-refractivity contribution is -0.125. The van der Waals surface area contributed by atoms with Crippen molar-refractivity contribution in [3.8, 4) is 0 Å². The summed E-state index contributed by atoms with van der Waals surface area (Å²) in [5.41, 5.74) is -0.534. The molecule has 0 aromatic rings. The monoisotopic (exact) mass is 241 g/mol. The van der Waals surface area contributed by atoms with Gasteiger partial charge in [0.15, 0.2) is 0 Å². The van der Waals surface area contributed by atoms with Crippen molar-refractivity contribution in [2.24, 2.45) is 5.92 Å².